The summed E-state index contributed by atoms with van der Waals surface area (Å²) >= 11 is 2.97. The van der Waals surface area contributed by atoms with Gasteiger partial charge in [-0.05, 0) is 28.8 Å². The lowest BCUT2D eigenvalue weighted by Gasteiger charge is -1.97. The van der Waals surface area contributed by atoms with Crippen molar-refractivity contribution < 1.29 is 8.22 Å². The Balaban J connectivity index is 2.98. The van der Waals surface area contributed by atoms with Gasteiger partial charge in [0.1, 0.15) is 4.60 Å². The van der Waals surface area contributed by atoms with Crippen molar-refractivity contribution in [2.24, 2.45) is 0 Å². The Morgan fingerprint density at radius 3 is 3.55 bits per heavy atom. The highest BCUT2D eigenvalue weighted by molar-refractivity contribution is 9.10. The van der Waals surface area contributed by atoms with Gasteiger partial charge in [-0.15, -0.1) is 0 Å². The molecule has 0 saturated carbocycles. The zero-order chi connectivity index (χ0) is 13.0. The number of fused-ring (bicyclic) bond motifs is 1. The predicted octanol–water partition coefficient (Wildman–Crippen LogP) is 1.80. The second-order valence-corrected chi connectivity index (χ2v) is 2.60. The van der Waals surface area contributed by atoms with E-state index in [0.717, 1.165) is 4.52 Å². The number of aromatic nitrogens is 3. The Labute approximate surface area is 80.6 Å². The quantitative estimate of drug-likeness (QED) is 0.631. The van der Waals surface area contributed by atoms with E-state index in [-0.39, 0.29) is 34.2 Å². The molecule has 0 unspecified atom stereocenters. The molecule has 0 radical (unpaired) electrons. The van der Waals surface area contributed by atoms with Crippen LogP contribution >= 0.6 is 15.9 Å². The molecule has 56 valence electrons. The summed E-state index contributed by atoms with van der Waals surface area (Å²) in [5.41, 5.74) is -0.412. The maximum Gasteiger partial charge on any atom is 0.156 e. The zero-order valence-electron chi connectivity index (χ0n) is 11.2. The highest BCUT2D eigenvalue weighted by Gasteiger charge is 1.98. The van der Waals surface area contributed by atoms with E-state index < -0.39 is 6.85 Å². The third-order valence-corrected chi connectivity index (χ3v) is 1.53. The number of aryl methyl sites for hydroxylation is 1. The van der Waals surface area contributed by atoms with E-state index in [2.05, 4.69) is 26.0 Å². The summed E-state index contributed by atoms with van der Waals surface area (Å²) < 4.78 is 45.5. The SMILES string of the molecule is [2H]c1nn2c(C([2H])([2H])[2H])c([2H])c(Br)nc2c1[2H]. The van der Waals surface area contributed by atoms with E-state index in [0.29, 0.717) is 0 Å². The highest BCUT2D eigenvalue weighted by atomic mass is 79.9. The monoisotopic (exact) mass is 217 g/mol. The molecular weight excluding hydrogens is 206 g/mol. The van der Waals surface area contributed by atoms with Crippen LogP contribution in [0.2, 0.25) is 0 Å². The van der Waals surface area contributed by atoms with Crippen LogP contribution in [0.5, 0.6) is 0 Å². The van der Waals surface area contributed by atoms with Crippen LogP contribution in [-0.2, 0) is 0 Å². The summed E-state index contributed by atoms with van der Waals surface area (Å²) in [7, 11) is 0. The average Bonchev–Trinajstić information content (AvgIpc) is 2.44. The van der Waals surface area contributed by atoms with Crippen molar-refractivity contribution in [2.75, 3.05) is 0 Å². The molecule has 0 aliphatic carbocycles. The van der Waals surface area contributed by atoms with Gasteiger partial charge >= 0.3 is 0 Å². The number of rotatable bonds is 0. The van der Waals surface area contributed by atoms with Gasteiger partial charge in [-0.1, -0.05) is 0 Å². The fraction of sp³-hybridized carbons (Fsp3) is 0.143. The minimum Gasteiger partial charge on any atom is -0.222 e. The van der Waals surface area contributed by atoms with Crippen LogP contribution in [0, 0.1) is 6.85 Å². The fourth-order valence-corrected chi connectivity index (χ4v) is 1.08. The topological polar surface area (TPSA) is 30.2 Å². The Bertz CT molecular complexity index is 604. The third kappa shape index (κ3) is 1.03. The van der Waals surface area contributed by atoms with E-state index in [9.17, 15) is 0 Å². The summed E-state index contributed by atoms with van der Waals surface area (Å²) in [6.07, 6.45) is -0.375. The average molecular weight is 218 g/mol. The van der Waals surface area contributed by atoms with Gasteiger partial charge in [-0.3, -0.25) is 0 Å². The Morgan fingerprint density at radius 2 is 2.73 bits per heavy atom. The first-order valence-electron chi connectivity index (χ1n) is 5.76. The molecule has 0 aromatic carbocycles. The zero-order valence-corrected chi connectivity index (χ0v) is 6.81. The largest absolute Gasteiger partial charge is 0.222 e. The molecular formula is C7H6BrN3. The summed E-state index contributed by atoms with van der Waals surface area (Å²) in [5.74, 6) is 0. The van der Waals surface area contributed by atoms with Crippen LogP contribution in [0.15, 0.2) is 22.9 Å². The van der Waals surface area contributed by atoms with Gasteiger partial charge < -0.3 is 0 Å². The summed E-state index contributed by atoms with van der Waals surface area (Å²) in [4.78, 5) is 3.84. The van der Waals surface area contributed by atoms with Crippen LogP contribution in [0.1, 0.15) is 13.9 Å². The van der Waals surface area contributed by atoms with Crippen molar-refractivity contribution in [1.29, 1.82) is 0 Å². The molecule has 0 amide bonds. The first kappa shape index (κ1) is 2.86. The second-order valence-electron chi connectivity index (χ2n) is 1.85. The van der Waals surface area contributed by atoms with Crippen molar-refractivity contribution in [3.8, 4) is 0 Å². The Hall–Kier alpha value is -0.900. The molecule has 0 bridgehead atoms. The predicted molar refractivity (Wildman–Crippen MR) is 45.4 cm³/mol. The summed E-state index contributed by atoms with van der Waals surface area (Å²) in [6, 6.07) is -0.587. The molecule has 11 heavy (non-hydrogen) atoms. The molecule has 2 aromatic rings. The van der Waals surface area contributed by atoms with Crippen molar-refractivity contribution in [3.63, 3.8) is 0 Å². The lowest BCUT2D eigenvalue weighted by Crippen LogP contribution is -1.94. The summed E-state index contributed by atoms with van der Waals surface area (Å²) in [6.45, 7) is -2.56. The van der Waals surface area contributed by atoms with Gasteiger partial charge in [0.05, 0.1) is 10.3 Å². The molecule has 0 aliphatic rings. The molecule has 4 heteroatoms. The van der Waals surface area contributed by atoms with Crippen LogP contribution in [-0.4, -0.2) is 14.6 Å². The van der Waals surface area contributed by atoms with Gasteiger partial charge in [0.25, 0.3) is 0 Å². The second kappa shape index (κ2) is 2.30. The van der Waals surface area contributed by atoms with Gasteiger partial charge in [-0.25, -0.2) is 9.50 Å². The smallest absolute Gasteiger partial charge is 0.156 e. The van der Waals surface area contributed by atoms with E-state index in [1.807, 2.05) is 0 Å². The van der Waals surface area contributed by atoms with Gasteiger partial charge in [0.15, 0.2) is 5.65 Å². The van der Waals surface area contributed by atoms with E-state index >= 15 is 0 Å². The molecule has 2 heterocycles. The number of hydrogen-bond donors (Lipinski definition) is 0. The van der Waals surface area contributed by atoms with Gasteiger partial charge in [0.2, 0.25) is 0 Å². The molecule has 0 N–H and O–H groups in total. The number of hydrogen-bond acceptors (Lipinski definition) is 2. The van der Waals surface area contributed by atoms with Gasteiger partial charge in [-0.2, -0.15) is 5.10 Å². The Kier molecular flexibility index (Phi) is 0.599. The highest BCUT2D eigenvalue weighted by Crippen LogP contribution is 2.10. The van der Waals surface area contributed by atoms with Crippen LogP contribution in [0.4, 0.5) is 0 Å². The van der Waals surface area contributed by atoms with Crippen LogP contribution < -0.4 is 0 Å². The lowest BCUT2D eigenvalue weighted by atomic mass is 10.4. The maximum absolute atomic E-state index is 7.66. The number of halogens is 1. The minimum absolute atomic E-state index is 0.0181. The van der Waals surface area contributed by atoms with E-state index in [1.165, 1.54) is 0 Å². The van der Waals surface area contributed by atoms with Gasteiger partial charge in [0, 0.05) is 15.8 Å². The van der Waals surface area contributed by atoms with E-state index in [1.54, 1.807) is 0 Å². The molecule has 2 aromatic heterocycles. The Morgan fingerprint density at radius 1 is 1.82 bits per heavy atom. The molecule has 0 spiro atoms. The normalized spacial score (nSPS) is 19.7. The minimum atomic E-state index is -2.56. The summed E-state index contributed by atoms with van der Waals surface area (Å²) in [5, 5.41) is 3.61. The van der Waals surface area contributed by atoms with Crippen LogP contribution in [0.3, 0.4) is 0 Å². The fourth-order valence-electron chi connectivity index (χ4n) is 0.728. The molecule has 0 fully saturated rings. The molecule has 2 rings (SSSR count). The first-order valence-corrected chi connectivity index (χ1v) is 3.55. The van der Waals surface area contributed by atoms with Crippen LogP contribution in [0.25, 0.3) is 5.65 Å². The van der Waals surface area contributed by atoms with E-state index in [4.69, 9.17) is 8.22 Å². The van der Waals surface area contributed by atoms with Crippen molar-refractivity contribution >= 4 is 21.6 Å². The first-order chi connectivity index (χ1) is 7.73. The number of nitrogens with zero attached hydrogens (tertiary/aromatic N) is 3. The molecule has 3 nitrogen and oxygen atoms in total. The van der Waals surface area contributed by atoms with Crippen molar-refractivity contribution in [2.45, 2.75) is 6.85 Å². The van der Waals surface area contributed by atoms with Crippen molar-refractivity contribution in [1.82, 2.24) is 14.6 Å². The van der Waals surface area contributed by atoms with Crippen molar-refractivity contribution in [3.05, 3.63) is 28.6 Å². The lowest BCUT2D eigenvalue weighted by molar-refractivity contribution is 0.890. The standard InChI is InChI=1S/C7H6BrN3/c1-5-4-6(8)10-7-2-3-9-11(5)7/h2-4H,1H3/i1D3,2D,3D,4D. The molecule has 0 atom stereocenters. The molecule has 0 aliphatic heterocycles. The molecule has 0 saturated heterocycles. The maximum atomic E-state index is 7.66. The third-order valence-electron chi connectivity index (χ3n) is 1.16.